The molecule has 0 saturated heterocycles. The Bertz CT molecular complexity index is 569. The van der Waals surface area contributed by atoms with Crippen LogP contribution in [0.15, 0.2) is 30.3 Å². The van der Waals surface area contributed by atoms with Crippen LogP contribution in [0, 0.1) is 0 Å². The van der Waals surface area contributed by atoms with Crippen LogP contribution in [0.25, 0.3) is 10.9 Å². The highest BCUT2D eigenvalue weighted by atomic mass is 16.4. The highest BCUT2D eigenvalue weighted by Crippen LogP contribution is 2.20. The summed E-state index contributed by atoms with van der Waals surface area (Å²) in [6.07, 6.45) is 0.594. The minimum atomic E-state index is -0.973. The maximum Gasteiger partial charge on any atom is 0.336 e. The number of anilines is 1. The first-order valence-corrected chi connectivity index (χ1v) is 5.70. The van der Waals surface area contributed by atoms with Crippen molar-refractivity contribution in [2.24, 2.45) is 0 Å². The summed E-state index contributed by atoms with van der Waals surface area (Å²) < 4.78 is 0. The predicted molar refractivity (Wildman–Crippen MR) is 68.9 cm³/mol. The molecule has 0 radical (unpaired) electrons. The van der Waals surface area contributed by atoms with Crippen molar-refractivity contribution in [3.8, 4) is 0 Å². The van der Waals surface area contributed by atoms with Gasteiger partial charge in [-0.15, -0.1) is 0 Å². The molecule has 1 heterocycles. The monoisotopic (exact) mass is 246 g/mol. The molecule has 0 bridgehead atoms. The summed E-state index contributed by atoms with van der Waals surface area (Å²) >= 11 is 0. The molecule has 0 fully saturated rings. The van der Waals surface area contributed by atoms with Crippen LogP contribution in [0.4, 0.5) is 5.82 Å². The van der Waals surface area contributed by atoms with Crippen LogP contribution in [0.5, 0.6) is 0 Å². The Kier molecular flexibility index (Phi) is 3.74. The van der Waals surface area contributed by atoms with E-state index in [0.29, 0.717) is 29.7 Å². The minimum absolute atomic E-state index is 0.0897. The van der Waals surface area contributed by atoms with E-state index in [4.69, 9.17) is 5.11 Å². The molecule has 0 aliphatic carbocycles. The van der Waals surface area contributed by atoms with Gasteiger partial charge in [0.1, 0.15) is 5.82 Å². The number of aromatic nitrogens is 1. The van der Waals surface area contributed by atoms with Crippen LogP contribution < -0.4 is 5.32 Å². The molecule has 0 saturated carbocycles. The Morgan fingerprint density at radius 1 is 1.33 bits per heavy atom. The number of benzene rings is 1. The molecule has 5 nitrogen and oxygen atoms in total. The molecule has 2 aromatic rings. The van der Waals surface area contributed by atoms with E-state index < -0.39 is 5.97 Å². The van der Waals surface area contributed by atoms with Crippen molar-refractivity contribution < 1.29 is 15.0 Å². The van der Waals surface area contributed by atoms with Crippen molar-refractivity contribution in [3.05, 3.63) is 35.9 Å². The fourth-order valence-corrected chi connectivity index (χ4v) is 1.74. The van der Waals surface area contributed by atoms with E-state index in [1.54, 1.807) is 18.2 Å². The molecule has 0 atom stereocenters. The highest BCUT2D eigenvalue weighted by molar-refractivity contribution is 6.03. The van der Waals surface area contributed by atoms with E-state index in [1.807, 2.05) is 6.07 Å². The Morgan fingerprint density at radius 3 is 2.83 bits per heavy atom. The topological polar surface area (TPSA) is 82.5 Å². The van der Waals surface area contributed by atoms with E-state index in [0.717, 1.165) is 0 Å². The van der Waals surface area contributed by atoms with Crippen LogP contribution in [-0.2, 0) is 0 Å². The first-order chi connectivity index (χ1) is 8.72. The molecule has 3 N–H and O–H groups in total. The molecular formula is C13H14N2O3. The molecule has 0 unspecified atom stereocenters. The summed E-state index contributed by atoms with van der Waals surface area (Å²) in [7, 11) is 0. The Hall–Kier alpha value is -2.14. The molecule has 5 heteroatoms. The van der Waals surface area contributed by atoms with Gasteiger partial charge in [-0.1, -0.05) is 18.2 Å². The number of fused-ring (bicyclic) bond motifs is 1. The largest absolute Gasteiger partial charge is 0.478 e. The standard InChI is InChI=1S/C13H14N2O3/c16-7-3-6-14-12-8-10(13(17)18)9-4-1-2-5-11(9)15-12/h1-2,4-5,8,16H,3,6-7H2,(H,14,15)(H,17,18). The van der Waals surface area contributed by atoms with Crippen LogP contribution in [0.1, 0.15) is 16.8 Å². The lowest BCUT2D eigenvalue weighted by atomic mass is 10.1. The second-order valence-electron chi connectivity index (χ2n) is 3.88. The normalized spacial score (nSPS) is 10.5. The third-order valence-electron chi connectivity index (χ3n) is 2.59. The summed E-state index contributed by atoms with van der Waals surface area (Å²) in [6, 6.07) is 8.64. The predicted octanol–water partition coefficient (Wildman–Crippen LogP) is 1.73. The Balaban J connectivity index is 2.41. The molecule has 0 amide bonds. The average molecular weight is 246 g/mol. The number of pyridine rings is 1. The van der Waals surface area contributed by atoms with E-state index in [2.05, 4.69) is 10.3 Å². The minimum Gasteiger partial charge on any atom is -0.478 e. The smallest absolute Gasteiger partial charge is 0.336 e. The van der Waals surface area contributed by atoms with Crippen molar-refractivity contribution in [2.45, 2.75) is 6.42 Å². The number of carbonyl (C=O) groups is 1. The van der Waals surface area contributed by atoms with Gasteiger partial charge in [-0.3, -0.25) is 0 Å². The molecule has 1 aromatic carbocycles. The number of carboxylic acid groups (broad SMARTS) is 1. The number of nitrogens with one attached hydrogen (secondary N) is 1. The number of carboxylic acids is 1. The lowest BCUT2D eigenvalue weighted by Crippen LogP contribution is -2.07. The second kappa shape index (κ2) is 5.46. The van der Waals surface area contributed by atoms with Crippen molar-refractivity contribution in [3.63, 3.8) is 0 Å². The maximum absolute atomic E-state index is 11.2. The number of hydrogen-bond acceptors (Lipinski definition) is 4. The van der Waals surface area contributed by atoms with Gasteiger partial charge in [-0.2, -0.15) is 0 Å². The van der Waals surface area contributed by atoms with Gasteiger partial charge in [0.05, 0.1) is 11.1 Å². The number of aliphatic hydroxyl groups excluding tert-OH is 1. The van der Waals surface area contributed by atoms with E-state index in [9.17, 15) is 9.90 Å². The van der Waals surface area contributed by atoms with Gasteiger partial charge >= 0.3 is 5.97 Å². The van der Waals surface area contributed by atoms with Gasteiger partial charge in [0, 0.05) is 18.5 Å². The number of aliphatic hydroxyl groups is 1. The van der Waals surface area contributed by atoms with Crippen molar-refractivity contribution in [1.82, 2.24) is 4.98 Å². The first-order valence-electron chi connectivity index (χ1n) is 5.70. The van der Waals surface area contributed by atoms with E-state index in [-0.39, 0.29) is 12.2 Å². The Morgan fingerprint density at radius 2 is 2.11 bits per heavy atom. The third-order valence-corrected chi connectivity index (χ3v) is 2.59. The summed E-state index contributed by atoms with van der Waals surface area (Å²) in [5.74, 6) is -0.460. The summed E-state index contributed by atoms with van der Waals surface area (Å²) in [6.45, 7) is 0.646. The molecule has 0 aliphatic heterocycles. The van der Waals surface area contributed by atoms with Crippen LogP contribution >= 0.6 is 0 Å². The molecule has 1 aromatic heterocycles. The van der Waals surface area contributed by atoms with Crippen LogP contribution in [0.3, 0.4) is 0 Å². The van der Waals surface area contributed by atoms with Gasteiger partial charge in [0.15, 0.2) is 0 Å². The zero-order valence-electron chi connectivity index (χ0n) is 9.76. The number of aromatic carboxylic acids is 1. The van der Waals surface area contributed by atoms with E-state index in [1.165, 1.54) is 6.07 Å². The molecule has 2 rings (SSSR count). The molecule has 94 valence electrons. The number of para-hydroxylation sites is 1. The fourth-order valence-electron chi connectivity index (χ4n) is 1.74. The van der Waals surface area contributed by atoms with Crippen molar-refractivity contribution >= 4 is 22.7 Å². The van der Waals surface area contributed by atoms with Gasteiger partial charge in [0.25, 0.3) is 0 Å². The maximum atomic E-state index is 11.2. The molecular weight excluding hydrogens is 232 g/mol. The summed E-state index contributed by atoms with van der Waals surface area (Å²) in [5.41, 5.74) is 0.871. The second-order valence-corrected chi connectivity index (χ2v) is 3.88. The van der Waals surface area contributed by atoms with Crippen molar-refractivity contribution in [1.29, 1.82) is 0 Å². The fraction of sp³-hybridized carbons (Fsp3) is 0.231. The third kappa shape index (κ3) is 2.57. The lowest BCUT2D eigenvalue weighted by molar-refractivity contribution is 0.0699. The van der Waals surface area contributed by atoms with Gasteiger partial charge in [-0.25, -0.2) is 9.78 Å². The van der Waals surface area contributed by atoms with Crippen LogP contribution in [-0.4, -0.2) is 34.3 Å². The SMILES string of the molecule is O=C(O)c1cc(NCCCO)nc2ccccc12. The average Bonchev–Trinajstić information content (AvgIpc) is 2.38. The van der Waals surface area contributed by atoms with E-state index >= 15 is 0 Å². The number of rotatable bonds is 5. The summed E-state index contributed by atoms with van der Waals surface area (Å²) in [4.78, 5) is 15.5. The first kappa shape index (κ1) is 12.3. The quantitative estimate of drug-likeness (QED) is 0.700. The van der Waals surface area contributed by atoms with Gasteiger partial charge < -0.3 is 15.5 Å². The Labute approximate surface area is 104 Å². The van der Waals surface area contributed by atoms with Gasteiger partial charge in [0.2, 0.25) is 0 Å². The lowest BCUT2D eigenvalue weighted by Gasteiger charge is -2.08. The molecule has 0 aliphatic rings. The molecule has 0 spiro atoms. The number of nitrogens with zero attached hydrogens (tertiary/aromatic N) is 1. The highest BCUT2D eigenvalue weighted by Gasteiger charge is 2.11. The summed E-state index contributed by atoms with van der Waals surface area (Å²) in [5, 5.41) is 21.5. The van der Waals surface area contributed by atoms with Gasteiger partial charge in [-0.05, 0) is 18.6 Å². The van der Waals surface area contributed by atoms with Crippen molar-refractivity contribution in [2.75, 3.05) is 18.5 Å². The number of hydrogen-bond donors (Lipinski definition) is 3. The zero-order valence-corrected chi connectivity index (χ0v) is 9.76. The zero-order chi connectivity index (χ0) is 13.0. The molecule has 18 heavy (non-hydrogen) atoms. The van der Waals surface area contributed by atoms with Crippen LogP contribution in [0.2, 0.25) is 0 Å².